The molecule has 6 heteroatoms. The van der Waals surface area contributed by atoms with Crippen LogP contribution in [0.4, 0.5) is 4.79 Å². The Morgan fingerprint density at radius 1 is 1.15 bits per heavy atom. The first-order valence-electron chi connectivity index (χ1n) is 10.3. The summed E-state index contributed by atoms with van der Waals surface area (Å²) in [5, 5.41) is 4.56. The lowest BCUT2D eigenvalue weighted by Crippen LogP contribution is -2.44. The summed E-state index contributed by atoms with van der Waals surface area (Å²) in [5.74, 6) is 0.568. The molecular weight excluding hydrogens is 342 g/mol. The molecule has 1 heterocycles. The summed E-state index contributed by atoms with van der Waals surface area (Å²) in [6.45, 7) is 13.7. The molecule has 6 nitrogen and oxygen atoms in total. The molecule has 0 aromatic heterocycles. The number of piperidine rings is 1. The number of hydrogen-bond donors (Lipinski definition) is 1. The summed E-state index contributed by atoms with van der Waals surface area (Å²) in [5.41, 5.74) is 3.86. The fourth-order valence-electron chi connectivity index (χ4n) is 4.96. The van der Waals surface area contributed by atoms with E-state index in [4.69, 9.17) is 4.74 Å². The Morgan fingerprint density at radius 2 is 1.78 bits per heavy atom. The van der Waals surface area contributed by atoms with Crippen molar-refractivity contribution in [2.75, 3.05) is 13.1 Å². The summed E-state index contributed by atoms with van der Waals surface area (Å²) in [6.07, 6.45) is 4.44. The molecule has 3 rings (SSSR count). The molecule has 1 N–H and O–H groups in total. The smallest absolute Gasteiger partial charge is 0.410 e. The number of fused-ring (bicyclic) bond motifs is 2. The number of hydrazone groups is 1. The molecule has 2 aliphatic carbocycles. The van der Waals surface area contributed by atoms with Gasteiger partial charge in [0.15, 0.2) is 0 Å². The van der Waals surface area contributed by atoms with Crippen LogP contribution < -0.4 is 5.43 Å². The maximum atomic E-state index is 12.6. The van der Waals surface area contributed by atoms with Gasteiger partial charge in [0.05, 0.1) is 0 Å². The molecule has 0 spiro atoms. The van der Waals surface area contributed by atoms with Crippen LogP contribution in [0.25, 0.3) is 0 Å². The molecule has 0 radical (unpaired) electrons. The van der Waals surface area contributed by atoms with Gasteiger partial charge in [0.2, 0.25) is 5.91 Å². The Labute approximate surface area is 163 Å². The highest BCUT2D eigenvalue weighted by atomic mass is 16.6. The highest BCUT2D eigenvalue weighted by Gasteiger charge is 2.60. The van der Waals surface area contributed by atoms with Gasteiger partial charge in [0, 0.05) is 30.1 Å². The van der Waals surface area contributed by atoms with Crippen molar-refractivity contribution in [2.24, 2.45) is 27.8 Å². The van der Waals surface area contributed by atoms with E-state index in [2.05, 4.69) is 31.3 Å². The maximum Gasteiger partial charge on any atom is 0.410 e. The van der Waals surface area contributed by atoms with E-state index in [1.54, 1.807) is 4.90 Å². The Balaban J connectivity index is 1.52. The Hall–Kier alpha value is -1.59. The van der Waals surface area contributed by atoms with Crippen molar-refractivity contribution in [3.63, 3.8) is 0 Å². The van der Waals surface area contributed by atoms with E-state index in [0.29, 0.717) is 31.8 Å². The van der Waals surface area contributed by atoms with Crippen molar-refractivity contribution in [3.8, 4) is 0 Å². The zero-order chi connectivity index (χ0) is 20.0. The zero-order valence-electron chi connectivity index (χ0n) is 17.7. The number of rotatable bonds is 2. The van der Waals surface area contributed by atoms with Crippen molar-refractivity contribution >= 4 is 17.7 Å². The number of ether oxygens (including phenoxy) is 1. The average molecular weight is 378 g/mol. The van der Waals surface area contributed by atoms with Gasteiger partial charge < -0.3 is 9.64 Å². The van der Waals surface area contributed by atoms with Crippen LogP contribution in [-0.2, 0) is 9.53 Å². The van der Waals surface area contributed by atoms with Crippen molar-refractivity contribution in [1.82, 2.24) is 10.3 Å². The zero-order valence-corrected chi connectivity index (χ0v) is 17.7. The second-order valence-corrected chi connectivity index (χ2v) is 10.3. The summed E-state index contributed by atoms with van der Waals surface area (Å²) in [6, 6.07) is 0. The summed E-state index contributed by atoms with van der Waals surface area (Å²) >= 11 is 0. The van der Waals surface area contributed by atoms with Gasteiger partial charge in [0.25, 0.3) is 0 Å². The Morgan fingerprint density at radius 3 is 2.26 bits per heavy atom. The van der Waals surface area contributed by atoms with Crippen molar-refractivity contribution in [1.29, 1.82) is 0 Å². The van der Waals surface area contributed by atoms with E-state index in [1.807, 2.05) is 20.8 Å². The molecule has 2 bridgehead atoms. The van der Waals surface area contributed by atoms with Crippen LogP contribution in [0.2, 0.25) is 0 Å². The quantitative estimate of drug-likeness (QED) is 0.741. The third-order valence-electron chi connectivity index (χ3n) is 7.33. The minimum absolute atomic E-state index is 0.0180. The van der Waals surface area contributed by atoms with Crippen LogP contribution in [-0.4, -0.2) is 41.3 Å². The first-order valence-corrected chi connectivity index (χ1v) is 10.3. The van der Waals surface area contributed by atoms with Crippen molar-refractivity contribution in [3.05, 3.63) is 0 Å². The normalized spacial score (nSPS) is 32.0. The molecule has 3 fully saturated rings. The van der Waals surface area contributed by atoms with Crippen LogP contribution >= 0.6 is 0 Å². The predicted octanol–water partition coefficient (Wildman–Crippen LogP) is 3.95. The van der Waals surface area contributed by atoms with Crippen LogP contribution in [0.15, 0.2) is 5.10 Å². The molecule has 2 saturated carbocycles. The maximum absolute atomic E-state index is 12.6. The van der Waals surface area contributed by atoms with Gasteiger partial charge in [-0.25, -0.2) is 10.2 Å². The van der Waals surface area contributed by atoms with Crippen molar-refractivity contribution < 1.29 is 14.3 Å². The fourth-order valence-corrected chi connectivity index (χ4v) is 4.96. The van der Waals surface area contributed by atoms with Crippen molar-refractivity contribution in [2.45, 2.75) is 79.2 Å². The molecule has 0 aromatic carbocycles. The van der Waals surface area contributed by atoms with Gasteiger partial charge >= 0.3 is 6.09 Å². The van der Waals surface area contributed by atoms with Gasteiger partial charge in [-0.05, 0) is 64.2 Å². The van der Waals surface area contributed by atoms with E-state index < -0.39 is 5.60 Å². The molecular formula is C21H35N3O3. The van der Waals surface area contributed by atoms with Gasteiger partial charge in [-0.1, -0.05) is 20.8 Å². The van der Waals surface area contributed by atoms with Gasteiger partial charge in [-0.15, -0.1) is 0 Å². The molecule has 152 valence electrons. The predicted molar refractivity (Wildman–Crippen MR) is 105 cm³/mol. The highest BCUT2D eigenvalue weighted by molar-refractivity contribution is 5.95. The van der Waals surface area contributed by atoms with Gasteiger partial charge in [0.1, 0.15) is 5.60 Å². The SMILES string of the molecule is CC(C)(C)OC(=O)N1CCC(C(=O)N/N=C2/C[C@@H]3CC[C@@]2(C)C3(C)C)CC1. The second-order valence-electron chi connectivity index (χ2n) is 10.3. The van der Waals surface area contributed by atoms with Crippen LogP contribution in [0.1, 0.15) is 73.6 Å². The van der Waals surface area contributed by atoms with Gasteiger partial charge in [-0.2, -0.15) is 5.10 Å². The summed E-state index contributed by atoms with van der Waals surface area (Å²) < 4.78 is 5.41. The topological polar surface area (TPSA) is 71.0 Å². The first-order chi connectivity index (χ1) is 12.4. The van der Waals surface area contributed by atoms with Crippen LogP contribution in [0.3, 0.4) is 0 Å². The van der Waals surface area contributed by atoms with E-state index in [-0.39, 0.29) is 28.7 Å². The van der Waals surface area contributed by atoms with E-state index in [1.165, 1.54) is 6.42 Å². The molecule has 27 heavy (non-hydrogen) atoms. The Bertz CT molecular complexity index is 642. The largest absolute Gasteiger partial charge is 0.444 e. The minimum atomic E-state index is -0.494. The van der Waals surface area contributed by atoms with Crippen LogP contribution in [0, 0.1) is 22.7 Å². The second kappa shape index (κ2) is 6.78. The lowest BCUT2D eigenvalue weighted by Gasteiger charge is -2.34. The standard InChI is InChI=1S/C21H35N3O3/c1-19(2,3)27-18(26)24-11-8-14(9-12-24)17(25)23-22-16-13-15-7-10-21(16,6)20(15,4)5/h14-15H,7-13H2,1-6H3,(H,23,25)/b22-16-/t15-,21+/m0/s1. The van der Waals surface area contributed by atoms with E-state index in [9.17, 15) is 9.59 Å². The average Bonchev–Trinajstić information content (AvgIpc) is 2.91. The number of nitrogens with zero attached hydrogens (tertiary/aromatic N) is 2. The van der Waals surface area contributed by atoms with E-state index in [0.717, 1.165) is 18.6 Å². The highest BCUT2D eigenvalue weighted by Crippen LogP contribution is 2.63. The number of hydrogen-bond acceptors (Lipinski definition) is 4. The third kappa shape index (κ3) is 3.72. The molecule has 0 unspecified atom stereocenters. The number of amides is 2. The number of carbonyl (C=O) groups excluding carboxylic acids is 2. The Kier molecular flexibility index (Phi) is 5.06. The summed E-state index contributed by atoms with van der Waals surface area (Å²) in [7, 11) is 0. The first kappa shape index (κ1) is 20.2. The number of carbonyl (C=O) groups is 2. The molecule has 0 aromatic rings. The lowest BCUT2D eigenvalue weighted by atomic mass is 9.70. The van der Waals surface area contributed by atoms with E-state index >= 15 is 0 Å². The lowest BCUT2D eigenvalue weighted by molar-refractivity contribution is -0.126. The van der Waals surface area contributed by atoms with Crippen LogP contribution in [0.5, 0.6) is 0 Å². The summed E-state index contributed by atoms with van der Waals surface area (Å²) in [4.78, 5) is 26.4. The number of nitrogens with one attached hydrogen (secondary N) is 1. The monoisotopic (exact) mass is 377 g/mol. The molecule has 3 aliphatic rings. The number of likely N-dealkylation sites (tertiary alicyclic amines) is 1. The fraction of sp³-hybridized carbons (Fsp3) is 0.857. The minimum Gasteiger partial charge on any atom is -0.444 e. The third-order valence-corrected chi connectivity index (χ3v) is 7.33. The molecule has 1 aliphatic heterocycles. The molecule has 2 atom stereocenters. The van der Waals surface area contributed by atoms with Gasteiger partial charge in [-0.3, -0.25) is 4.79 Å². The molecule has 1 saturated heterocycles. The molecule has 2 amide bonds.